The fourth-order valence-electron chi connectivity index (χ4n) is 3.84. The molecule has 0 bridgehead atoms. The van der Waals surface area contributed by atoms with Crippen LogP contribution in [-0.2, 0) is 11.3 Å². The first-order chi connectivity index (χ1) is 11.2. The molecule has 2 heterocycles. The van der Waals surface area contributed by atoms with Crippen LogP contribution in [-0.4, -0.2) is 55.0 Å². The number of carbonyl (C=O) groups excluding carboxylic acids is 1. The van der Waals surface area contributed by atoms with Crippen LogP contribution in [0.25, 0.3) is 0 Å². The Morgan fingerprint density at radius 1 is 1.16 bits per heavy atom. The molecular weight excluding hydrogens is 357 g/mol. The lowest BCUT2D eigenvalue weighted by molar-refractivity contribution is -0.137. The van der Waals surface area contributed by atoms with E-state index in [4.69, 9.17) is 0 Å². The van der Waals surface area contributed by atoms with Crippen LogP contribution >= 0.6 is 24.8 Å². The second-order valence-corrected chi connectivity index (χ2v) is 6.99. The molecular formula is C19H31Cl2N3O. The molecule has 1 amide bonds. The number of hydrogen-bond acceptors (Lipinski definition) is 3. The molecule has 2 saturated heterocycles. The number of amides is 1. The van der Waals surface area contributed by atoms with E-state index in [0.29, 0.717) is 11.9 Å². The summed E-state index contributed by atoms with van der Waals surface area (Å²) in [7, 11) is 2.01. The highest BCUT2D eigenvalue weighted by atomic mass is 35.5. The fraction of sp³-hybridized carbons (Fsp3) is 0.632. The summed E-state index contributed by atoms with van der Waals surface area (Å²) >= 11 is 0. The second-order valence-electron chi connectivity index (χ2n) is 6.99. The van der Waals surface area contributed by atoms with E-state index in [9.17, 15) is 4.79 Å². The molecule has 2 aliphatic heterocycles. The minimum absolute atomic E-state index is 0. The van der Waals surface area contributed by atoms with Crippen molar-refractivity contribution in [1.29, 1.82) is 0 Å². The van der Waals surface area contributed by atoms with E-state index >= 15 is 0 Å². The van der Waals surface area contributed by atoms with Gasteiger partial charge in [0, 0.05) is 39.3 Å². The second kappa shape index (κ2) is 11.0. The molecule has 0 aromatic heterocycles. The molecule has 1 atom stereocenters. The molecule has 0 aliphatic carbocycles. The molecule has 142 valence electrons. The van der Waals surface area contributed by atoms with Gasteiger partial charge in [-0.3, -0.25) is 9.69 Å². The Labute approximate surface area is 164 Å². The van der Waals surface area contributed by atoms with Crippen molar-refractivity contribution in [2.24, 2.45) is 5.92 Å². The van der Waals surface area contributed by atoms with Crippen molar-refractivity contribution in [2.75, 3.05) is 33.2 Å². The topological polar surface area (TPSA) is 35.6 Å². The monoisotopic (exact) mass is 387 g/mol. The van der Waals surface area contributed by atoms with Gasteiger partial charge in [-0.05, 0) is 37.8 Å². The summed E-state index contributed by atoms with van der Waals surface area (Å²) in [6.07, 6.45) is 4.35. The molecule has 6 heteroatoms. The van der Waals surface area contributed by atoms with Gasteiger partial charge < -0.3 is 10.2 Å². The number of benzene rings is 1. The number of nitrogens with zero attached hydrogens (tertiary/aromatic N) is 2. The average Bonchev–Trinajstić information content (AvgIpc) is 2.63. The normalized spacial score (nSPS) is 21.7. The van der Waals surface area contributed by atoms with E-state index < -0.39 is 0 Å². The van der Waals surface area contributed by atoms with E-state index in [0.717, 1.165) is 58.4 Å². The Kier molecular flexibility index (Phi) is 9.80. The highest BCUT2D eigenvalue weighted by Crippen LogP contribution is 2.21. The third kappa shape index (κ3) is 6.14. The molecule has 4 nitrogen and oxygen atoms in total. The molecule has 0 radical (unpaired) electrons. The van der Waals surface area contributed by atoms with Gasteiger partial charge in [-0.2, -0.15) is 0 Å². The molecule has 0 saturated carbocycles. The van der Waals surface area contributed by atoms with E-state index in [1.54, 1.807) is 0 Å². The molecule has 1 N–H and O–H groups in total. The number of nitrogens with one attached hydrogen (secondary N) is 1. The maximum Gasteiger partial charge on any atom is 0.226 e. The smallest absolute Gasteiger partial charge is 0.226 e. The van der Waals surface area contributed by atoms with Crippen LogP contribution in [0.4, 0.5) is 0 Å². The standard InChI is InChI=1S/C19H29N3O.2ClH/c1-21(19(23)17-8-5-11-20-14-17)18-9-12-22(13-10-18)15-16-6-3-2-4-7-16;;/h2-4,6-7,17-18,20H,5,8-15H2,1H3;2*1H/t17-;;/m1../s1. The molecule has 0 unspecified atom stereocenters. The number of likely N-dealkylation sites (tertiary alicyclic amines) is 1. The molecule has 25 heavy (non-hydrogen) atoms. The summed E-state index contributed by atoms with van der Waals surface area (Å²) in [5.74, 6) is 0.537. The number of rotatable bonds is 4. The van der Waals surface area contributed by atoms with Crippen LogP contribution in [0.3, 0.4) is 0 Å². The molecule has 0 spiro atoms. The molecule has 1 aromatic rings. The number of halogens is 2. The number of carbonyl (C=O) groups is 1. The first-order valence-corrected chi connectivity index (χ1v) is 8.97. The van der Waals surface area contributed by atoms with Crippen LogP contribution < -0.4 is 5.32 Å². The zero-order valence-electron chi connectivity index (χ0n) is 15.0. The van der Waals surface area contributed by atoms with Gasteiger partial charge in [0.05, 0.1) is 5.92 Å². The summed E-state index contributed by atoms with van der Waals surface area (Å²) in [4.78, 5) is 17.2. The summed E-state index contributed by atoms with van der Waals surface area (Å²) < 4.78 is 0. The van der Waals surface area contributed by atoms with Crippen molar-refractivity contribution in [3.8, 4) is 0 Å². The minimum Gasteiger partial charge on any atom is -0.342 e. The Bertz CT molecular complexity index is 501. The summed E-state index contributed by atoms with van der Waals surface area (Å²) in [5.41, 5.74) is 1.38. The first-order valence-electron chi connectivity index (χ1n) is 8.97. The molecule has 1 aromatic carbocycles. The van der Waals surface area contributed by atoms with Gasteiger partial charge in [-0.1, -0.05) is 30.3 Å². The van der Waals surface area contributed by atoms with E-state index in [2.05, 4.69) is 40.5 Å². The molecule has 2 fully saturated rings. The maximum atomic E-state index is 12.6. The zero-order chi connectivity index (χ0) is 16.1. The van der Waals surface area contributed by atoms with Crippen molar-refractivity contribution < 1.29 is 4.79 Å². The largest absolute Gasteiger partial charge is 0.342 e. The van der Waals surface area contributed by atoms with E-state index in [1.807, 2.05) is 11.9 Å². The highest BCUT2D eigenvalue weighted by molar-refractivity contribution is 5.85. The van der Waals surface area contributed by atoms with Crippen molar-refractivity contribution in [1.82, 2.24) is 15.1 Å². The van der Waals surface area contributed by atoms with E-state index in [-0.39, 0.29) is 30.7 Å². The van der Waals surface area contributed by atoms with Crippen LogP contribution in [0.2, 0.25) is 0 Å². The van der Waals surface area contributed by atoms with Crippen molar-refractivity contribution in [2.45, 2.75) is 38.3 Å². The van der Waals surface area contributed by atoms with Gasteiger partial charge in [-0.25, -0.2) is 0 Å². The zero-order valence-corrected chi connectivity index (χ0v) is 16.7. The Morgan fingerprint density at radius 2 is 1.84 bits per heavy atom. The quantitative estimate of drug-likeness (QED) is 0.862. The lowest BCUT2D eigenvalue weighted by Crippen LogP contribution is -2.49. The van der Waals surface area contributed by atoms with Crippen molar-refractivity contribution in [3.05, 3.63) is 35.9 Å². The Balaban J connectivity index is 0.00000156. The van der Waals surface area contributed by atoms with Crippen molar-refractivity contribution in [3.63, 3.8) is 0 Å². The van der Waals surface area contributed by atoms with Gasteiger partial charge in [0.1, 0.15) is 0 Å². The summed E-state index contributed by atoms with van der Waals surface area (Å²) in [6, 6.07) is 11.1. The maximum absolute atomic E-state index is 12.6. The van der Waals surface area contributed by atoms with Gasteiger partial charge in [0.25, 0.3) is 0 Å². The van der Waals surface area contributed by atoms with Crippen LogP contribution in [0.5, 0.6) is 0 Å². The molecule has 2 aliphatic rings. The first kappa shape index (κ1) is 22.2. The summed E-state index contributed by atoms with van der Waals surface area (Å²) in [6.45, 7) is 5.11. The molecule has 3 rings (SSSR count). The third-order valence-electron chi connectivity index (χ3n) is 5.35. The average molecular weight is 388 g/mol. The lowest BCUT2D eigenvalue weighted by Gasteiger charge is -2.38. The van der Waals surface area contributed by atoms with E-state index in [1.165, 1.54) is 5.56 Å². The third-order valence-corrected chi connectivity index (χ3v) is 5.35. The van der Waals surface area contributed by atoms with Gasteiger partial charge in [0.15, 0.2) is 0 Å². The number of hydrogen-bond donors (Lipinski definition) is 1. The number of piperidine rings is 2. The summed E-state index contributed by atoms with van der Waals surface area (Å²) in [5, 5.41) is 3.35. The van der Waals surface area contributed by atoms with Crippen LogP contribution in [0.15, 0.2) is 30.3 Å². The highest BCUT2D eigenvalue weighted by Gasteiger charge is 2.30. The fourth-order valence-corrected chi connectivity index (χ4v) is 3.84. The minimum atomic E-state index is 0. The SMILES string of the molecule is CN(C(=O)[C@@H]1CCCNC1)C1CCN(Cc2ccccc2)CC1.Cl.Cl. The Morgan fingerprint density at radius 3 is 2.44 bits per heavy atom. The predicted molar refractivity (Wildman–Crippen MR) is 108 cm³/mol. The van der Waals surface area contributed by atoms with Gasteiger partial charge >= 0.3 is 0 Å². The van der Waals surface area contributed by atoms with Gasteiger partial charge in [0.2, 0.25) is 5.91 Å². The lowest BCUT2D eigenvalue weighted by atomic mass is 9.96. The van der Waals surface area contributed by atoms with Crippen LogP contribution in [0, 0.1) is 5.92 Å². The van der Waals surface area contributed by atoms with Crippen LogP contribution in [0.1, 0.15) is 31.2 Å². The Hall–Kier alpha value is -0.810. The van der Waals surface area contributed by atoms with Gasteiger partial charge in [-0.15, -0.1) is 24.8 Å². The van der Waals surface area contributed by atoms with Crippen molar-refractivity contribution >= 4 is 30.7 Å². The predicted octanol–water partition coefficient (Wildman–Crippen LogP) is 2.95.